The molecule has 3 nitrogen and oxygen atoms in total. The lowest BCUT2D eigenvalue weighted by atomic mass is 10.00. The van der Waals surface area contributed by atoms with Gasteiger partial charge in [-0.3, -0.25) is 0 Å². The molecule has 1 aliphatic rings. The third kappa shape index (κ3) is 5.61. The van der Waals surface area contributed by atoms with Crippen LogP contribution >= 0.6 is 0 Å². The van der Waals surface area contributed by atoms with Crippen molar-refractivity contribution in [3.05, 3.63) is 35.4 Å². The molecule has 0 bridgehead atoms. The van der Waals surface area contributed by atoms with Crippen molar-refractivity contribution in [2.45, 2.75) is 45.3 Å². The van der Waals surface area contributed by atoms with Gasteiger partial charge in [0.15, 0.2) is 0 Å². The van der Waals surface area contributed by atoms with Crippen LogP contribution in [0, 0.1) is 0 Å². The average molecular weight is 277 g/mol. The van der Waals surface area contributed by atoms with Crippen LogP contribution in [-0.4, -0.2) is 32.4 Å². The van der Waals surface area contributed by atoms with Gasteiger partial charge in [0, 0.05) is 19.2 Å². The van der Waals surface area contributed by atoms with Crippen LogP contribution in [0.2, 0.25) is 0 Å². The Bertz CT molecular complexity index is 373. The Morgan fingerprint density at radius 2 is 1.85 bits per heavy atom. The molecule has 1 saturated carbocycles. The maximum Gasteiger partial charge on any atom is 0.0718 e. The highest BCUT2D eigenvalue weighted by molar-refractivity contribution is 5.25. The van der Waals surface area contributed by atoms with Gasteiger partial charge in [-0.25, -0.2) is 0 Å². The number of hydrogen-bond acceptors (Lipinski definition) is 3. The van der Waals surface area contributed by atoms with Crippen molar-refractivity contribution >= 4 is 0 Å². The van der Waals surface area contributed by atoms with Gasteiger partial charge in [-0.15, -0.1) is 0 Å². The summed E-state index contributed by atoms with van der Waals surface area (Å²) in [5, 5.41) is 3.58. The zero-order valence-electron chi connectivity index (χ0n) is 12.7. The normalized spacial score (nSPS) is 16.3. The van der Waals surface area contributed by atoms with E-state index >= 15 is 0 Å². The van der Waals surface area contributed by atoms with Crippen LogP contribution < -0.4 is 5.32 Å². The summed E-state index contributed by atoms with van der Waals surface area (Å²) < 4.78 is 10.8. The van der Waals surface area contributed by atoms with Crippen molar-refractivity contribution in [2.75, 3.05) is 26.4 Å². The van der Waals surface area contributed by atoms with E-state index in [9.17, 15) is 0 Å². The molecule has 0 saturated heterocycles. The molecule has 1 atom stereocenters. The molecule has 0 radical (unpaired) electrons. The molecule has 0 spiro atoms. The second kappa shape index (κ2) is 8.40. The van der Waals surface area contributed by atoms with E-state index in [1.54, 1.807) is 0 Å². The predicted octanol–water partition coefficient (Wildman–Crippen LogP) is 3.10. The smallest absolute Gasteiger partial charge is 0.0718 e. The van der Waals surface area contributed by atoms with Crippen LogP contribution in [0.1, 0.15) is 43.7 Å². The number of nitrogens with one attached hydrogen (secondary N) is 1. The zero-order valence-corrected chi connectivity index (χ0v) is 12.7. The maximum atomic E-state index is 5.57. The zero-order chi connectivity index (χ0) is 14.2. The first kappa shape index (κ1) is 15.5. The Morgan fingerprint density at radius 3 is 2.50 bits per heavy atom. The van der Waals surface area contributed by atoms with Gasteiger partial charge in [0.2, 0.25) is 0 Å². The lowest BCUT2D eigenvalue weighted by Gasteiger charge is -2.13. The quantitative estimate of drug-likeness (QED) is 0.667. The SMILES string of the molecule is CCOCCOCc1ccc(C(C)CNC2CC2)cc1. The topological polar surface area (TPSA) is 30.5 Å². The molecule has 1 unspecified atom stereocenters. The van der Waals surface area contributed by atoms with E-state index in [0.29, 0.717) is 25.7 Å². The molecule has 1 fully saturated rings. The van der Waals surface area contributed by atoms with Crippen molar-refractivity contribution in [2.24, 2.45) is 0 Å². The second-order valence-electron chi connectivity index (χ2n) is 5.57. The Hall–Kier alpha value is -0.900. The van der Waals surface area contributed by atoms with Gasteiger partial charge in [0.1, 0.15) is 0 Å². The molecule has 0 amide bonds. The fourth-order valence-corrected chi connectivity index (χ4v) is 2.14. The fraction of sp³-hybridized carbons (Fsp3) is 0.647. The van der Waals surface area contributed by atoms with E-state index in [2.05, 4.69) is 36.5 Å². The van der Waals surface area contributed by atoms with E-state index in [-0.39, 0.29) is 0 Å². The van der Waals surface area contributed by atoms with Crippen molar-refractivity contribution in [3.63, 3.8) is 0 Å². The molecule has 0 aromatic heterocycles. The minimum absolute atomic E-state index is 0.573. The van der Waals surface area contributed by atoms with Crippen molar-refractivity contribution in [3.8, 4) is 0 Å². The summed E-state index contributed by atoms with van der Waals surface area (Å²) >= 11 is 0. The average Bonchev–Trinajstić information content (AvgIpc) is 3.29. The van der Waals surface area contributed by atoms with Gasteiger partial charge in [-0.05, 0) is 36.8 Å². The fourth-order valence-electron chi connectivity index (χ4n) is 2.14. The number of ether oxygens (including phenoxy) is 2. The van der Waals surface area contributed by atoms with Gasteiger partial charge in [-0.1, -0.05) is 31.2 Å². The van der Waals surface area contributed by atoms with Gasteiger partial charge in [0.05, 0.1) is 19.8 Å². The molecule has 20 heavy (non-hydrogen) atoms. The van der Waals surface area contributed by atoms with Gasteiger partial charge < -0.3 is 14.8 Å². The first-order valence-electron chi connectivity index (χ1n) is 7.77. The molecule has 0 aliphatic heterocycles. The Morgan fingerprint density at radius 1 is 1.15 bits per heavy atom. The van der Waals surface area contributed by atoms with Crippen LogP contribution in [-0.2, 0) is 16.1 Å². The van der Waals surface area contributed by atoms with Gasteiger partial charge in [-0.2, -0.15) is 0 Å². The van der Waals surface area contributed by atoms with Crippen molar-refractivity contribution in [1.29, 1.82) is 0 Å². The van der Waals surface area contributed by atoms with E-state index in [1.807, 2.05) is 6.92 Å². The molecule has 2 rings (SSSR count). The molecule has 1 aliphatic carbocycles. The third-order valence-corrected chi connectivity index (χ3v) is 3.68. The Balaban J connectivity index is 1.68. The summed E-state index contributed by atoms with van der Waals surface area (Å²) in [4.78, 5) is 0. The van der Waals surface area contributed by atoms with E-state index < -0.39 is 0 Å². The summed E-state index contributed by atoms with van der Waals surface area (Å²) in [5.41, 5.74) is 2.63. The summed E-state index contributed by atoms with van der Waals surface area (Å²) in [6.45, 7) is 8.12. The molecule has 1 aromatic rings. The van der Waals surface area contributed by atoms with Crippen LogP contribution in [0.3, 0.4) is 0 Å². The van der Waals surface area contributed by atoms with E-state index in [4.69, 9.17) is 9.47 Å². The number of rotatable bonds is 10. The first-order valence-corrected chi connectivity index (χ1v) is 7.77. The number of benzene rings is 1. The van der Waals surface area contributed by atoms with E-state index in [0.717, 1.165) is 19.2 Å². The lowest BCUT2D eigenvalue weighted by molar-refractivity contribution is 0.0453. The maximum absolute atomic E-state index is 5.57. The molecule has 0 heterocycles. The van der Waals surface area contributed by atoms with Gasteiger partial charge >= 0.3 is 0 Å². The predicted molar refractivity (Wildman–Crippen MR) is 82.0 cm³/mol. The molecule has 1 aromatic carbocycles. The highest BCUT2D eigenvalue weighted by Crippen LogP contribution is 2.21. The molecule has 3 heteroatoms. The monoisotopic (exact) mass is 277 g/mol. The van der Waals surface area contributed by atoms with Crippen LogP contribution in [0.25, 0.3) is 0 Å². The number of hydrogen-bond donors (Lipinski definition) is 1. The van der Waals surface area contributed by atoms with Crippen LogP contribution in [0.15, 0.2) is 24.3 Å². The summed E-state index contributed by atoms with van der Waals surface area (Å²) in [6, 6.07) is 9.57. The minimum atomic E-state index is 0.573. The first-order chi connectivity index (χ1) is 9.79. The lowest BCUT2D eigenvalue weighted by Crippen LogP contribution is -2.21. The van der Waals surface area contributed by atoms with Gasteiger partial charge in [0.25, 0.3) is 0 Å². The molecular formula is C17H27NO2. The highest BCUT2D eigenvalue weighted by atomic mass is 16.5. The Kier molecular flexibility index (Phi) is 6.51. The molecule has 1 N–H and O–H groups in total. The van der Waals surface area contributed by atoms with Crippen molar-refractivity contribution in [1.82, 2.24) is 5.32 Å². The third-order valence-electron chi connectivity index (χ3n) is 3.68. The largest absolute Gasteiger partial charge is 0.379 e. The Labute approximate surface area is 122 Å². The second-order valence-corrected chi connectivity index (χ2v) is 5.57. The standard InChI is InChI=1S/C17H27NO2/c1-3-19-10-11-20-13-15-4-6-16(7-5-15)14(2)12-18-17-8-9-17/h4-7,14,17-18H,3,8-13H2,1-2H3. The molecule has 112 valence electrons. The highest BCUT2D eigenvalue weighted by Gasteiger charge is 2.21. The minimum Gasteiger partial charge on any atom is -0.379 e. The van der Waals surface area contributed by atoms with Crippen molar-refractivity contribution < 1.29 is 9.47 Å². The summed E-state index contributed by atoms with van der Waals surface area (Å²) in [6.07, 6.45) is 2.70. The summed E-state index contributed by atoms with van der Waals surface area (Å²) in [5.74, 6) is 0.573. The van der Waals surface area contributed by atoms with Crippen LogP contribution in [0.5, 0.6) is 0 Å². The van der Waals surface area contributed by atoms with E-state index in [1.165, 1.54) is 24.0 Å². The van der Waals surface area contributed by atoms with Crippen LogP contribution in [0.4, 0.5) is 0 Å². The summed E-state index contributed by atoms with van der Waals surface area (Å²) in [7, 11) is 0. The molecular weight excluding hydrogens is 250 g/mol.